The maximum absolute atomic E-state index is 13.3. The van der Waals surface area contributed by atoms with Crippen LogP contribution in [0.4, 0.5) is 24.5 Å². The number of carbonyl (C=O) groups is 1. The molecule has 1 aromatic carbocycles. The first-order valence-corrected chi connectivity index (χ1v) is 8.17. The third-order valence-electron chi connectivity index (χ3n) is 4.26. The highest BCUT2D eigenvalue weighted by Gasteiger charge is 2.36. The molecule has 1 aliphatic heterocycles. The fourth-order valence-corrected chi connectivity index (χ4v) is 3.05. The van der Waals surface area contributed by atoms with Gasteiger partial charge in [-0.05, 0) is 50.6 Å². The van der Waals surface area contributed by atoms with Crippen LogP contribution in [0.25, 0.3) is 0 Å². The second-order valence-corrected chi connectivity index (χ2v) is 6.31. The average molecular weight is 343 g/mol. The Balaban J connectivity index is 2.24. The van der Waals surface area contributed by atoms with E-state index < -0.39 is 11.7 Å². The SMILES string of the molecule is CCCN1CCC[C@H]1C(=O)Nc1ccc(N(C)C)cc1C(F)(F)F. The Morgan fingerprint density at radius 1 is 1.38 bits per heavy atom. The standard InChI is InChI=1S/C17H24F3N3O/c1-4-9-23-10-5-6-15(23)16(24)21-14-8-7-12(22(2)3)11-13(14)17(18,19)20/h7-8,11,15H,4-6,9-10H2,1-3H3,(H,21,24)/t15-/m0/s1. The van der Waals surface area contributed by atoms with Crippen molar-refractivity contribution in [3.63, 3.8) is 0 Å². The van der Waals surface area contributed by atoms with E-state index in [1.165, 1.54) is 6.07 Å². The first kappa shape index (κ1) is 18.6. The third kappa shape index (κ3) is 4.20. The highest BCUT2D eigenvalue weighted by molar-refractivity contribution is 5.96. The van der Waals surface area contributed by atoms with Crippen LogP contribution in [-0.2, 0) is 11.0 Å². The quantitative estimate of drug-likeness (QED) is 0.888. The van der Waals surface area contributed by atoms with Gasteiger partial charge in [-0.15, -0.1) is 0 Å². The van der Waals surface area contributed by atoms with Gasteiger partial charge >= 0.3 is 6.18 Å². The van der Waals surface area contributed by atoms with Crippen LogP contribution < -0.4 is 10.2 Å². The fourth-order valence-electron chi connectivity index (χ4n) is 3.05. The van der Waals surface area contributed by atoms with Crippen molar-refractivity contribution < 1.29 is 18.0 Å². The Morgan fingerprint density at radius 2 is 2.08 bits per heavy atom. The minimum absolute atomic E-state index is 0.179. The molecule has 1 aromatic rings. The molecule has 0 unspecified atom stereocenters. The van der Waals surface area contributed by atoms with Crippen LogP contribution in [0.1, 0.15) is 31.7 Å². The Bertz CT molecular complexity index is 587. The number of benzene rings is 1. The minimum atomic E-state index is -4.52. The maximum Gasteiger partial charge on any atom is 0.418 e. The van der Waals surface area contributed by atoms with E-state index in [1.807, 2.05) is 11.8 Å². The molecule has 1 fully saturated rings. The minimum Gasteiger partial charge on any atom is -0.378 e. The number of hydrogen-bond acceptors (Lipinski definition) is 3. The number of likely N-dealkylation sites (tertiary alicyclic amines) is 1. The summed E-state index contributed by atoms with van der Waals surface area (Å²) >= 11 is 0. The first-order chi connectivity index (χ1) is 11.2. The van der Waals surface area contributed by atoms with Crippen molar-refractivity contribution in [3.8, 4) is 0 Å². The predicted octanol–water partition coefficient (Wildman–Crippen LogP) is 3.58. The summed E-state index contributed by atoms with van der Waals surface area (Å²) in [5.74, 6) is -0.357. The number of amides is 1. The summed E-state index contributed by atoms with van der Waals surface area (Å²) < 4.78 is 40.0. The van der Waals surface area contributed by atoms with Gasteiger partial charge in [-0.3, -0.25) is 9.69 Å². The van der Waals surface area contributed by atoms with Crippen LogP contribution in [0.15, 0.2) is 18.2 Å². The van der Waals surface area contributed by atoms with E-state index in [4.69, 9.17) is 0 Å². The Hall–Kier alpha value is -1.76. The molecule has 0 bridgehead atoms. The van der Waals surface area contributed by atoms with Crippen molar-refractivity contribution >= 4 is 17.3 Å². The largest absolute Gasteiger partial charge is 0.418 e. The number of anilines is 2. The molecule has 1 saturated heterocycles. The number of rotatable bonds is 5. The van der Waals surface area contributed by atoms with E-state index in [-0.39, 0.29) is 17.6 Å². The molecule has 4 nitrogen and oxygen atoms in total. The average Bonchev–Trinajstić information content (AvgIpc) is 2.95. The van der Waals surface area contributed by atoms with E-state index >= 15 is 0 Å². The maximum atomic E-state index is 13.3. The number of hydrogen-bond donors (Lipinski definition) is 1. The molecule has 134 valence electrons. The second kappa shape index (κ2) is 7.42. The topological polar surface area (TPSA) is 35.6 Å². The van der Waals surface area contributed by atoms with Crippen molar-refractivity contribution in [2.45, 2.75) is 38.4 Å². The molecule has 0 aromatic heterocycles. The summed E-state index contributed by atoms with van der Waals surface area (Å²) in [6.45, 7) is 3.62. The monoisotopic (exact) mass is 343 g/mol. The van der Waals surface area contributed by atoms with Crippen LogP contribution >= 0.6 is 0 Å². The van der Waals surface area contributed by atoms with Gasteiger partial charge in [0, 0.05) is 19.8 Å². The number of carbonyl (C=O) groups excluding carboxylic acids is 1. The van der Waals surface area contributed by atoms with Crippen molar-refractivity contribution in [2.24, 2.45) is 0 Å². The molecular formula is C17H24F3N3O. The van der Waals surface area contributed by atoms with E-state index in [1.54, 1.807) is 25.1 Å². The smallest absolute Gasteiger partial charge is 0.378 e. The summed E-state index contributed by atoms with van der Waals surface area (Å²) in [4.78, 5) is 16.1. The van der Waals surface area contributed by atoms with Crippen molar-refractivity contribution in [2.75, 3.05) is 37.4 Å². The molecule has 0 radical (unpaired) electrons. The lowest BCUT2D eigenvalue weighted by molar-refractivity contribution is -0.137. The molecule has 1 amide bonds. The molecule has 1 heterocycles. The molecular weight excluding hydrogens is 319 g/mol. The fraction of sp³-hybridized carbons (Fsp3) is 0.588. The molecule has 1 aliphatic rings. The van der Waals surface area contributed by atoms with E-state index in [0.29, 0.717) is 12.1 Å². The van der Waals surface area contributed by atoms with E-state index in [0.717, 1.165) is 32.0 Å². The number of nitrogens with zero attached hydrogens (tertiary/aromatic N) is 2. The zero-order chi connectivity index (χ0) is 17.9. The predicted molar refractivity (Wildman–Crippen MR) is 89.3 cm³/mol. The number of alkyl halides is 3. The van der Waals surface area contributed by atoms with Gasteiger partial charge in [0.2, 0.25) is 5.91 Å². The molecule has 2 rings (SSSR count). The molecule has 1 N–H and O–H groups in total. The lowest BCUT2D eigenvalue weighted by atomic mass is 10.1. The van der Waals surface area contributed by atoms with Gasteiger partial charge in [-0.2, -0.15) is 13.2 Å². The molecule has 7 heteroatoms. The van der Waals surface area contributed by atoms with Gasteiger partial charge in [0.05, 0.1) is 17.3 Å². The molecule has 0 spiro atoms. The number of nitrogens with one attached hydrogen (secondary N) is 1. The normalized spacial score (nSPS) is 18.7. The van der Waals surface area contributed by atoms with Crippen LogP contribution in [0.5, 0.6) is 0 Å². The van der Waals surface area contributed by atoms with E-state index in [2.05, 4.69) is 5.32 Å². The van der Waals surface area contributed by atoms with Crippen LogP contribution in [0.3, 0.4) is 0 Å². The van der Waals surface area contributed by atoms with Crippen molar-refractivity contribution in [1.29, 1.82) is 0 Å². The zero-order valence-corrected chi connectivity index (χ0v) is 14.3. The van der Waals surface area contributed by atoms with Crippen LogP contribution in [0, 0.1) is 0 Å². The van der Waals surface area contributed by atoms with Gasteiger partial charge in [0.15, 0.2) is 0 Å². The molecule has 0 aliphatic carbocycles. The molecule has 24 heavy (non-hydrogen) atoms. The second-order valence-electron chi connectivity index (χ2n) is 6.31. The zero-order valence-electron chi connectivity index (χ0n) is 14.3. The Morgan fingerprint density at radius 3 is 2.67 bits per heavy atom. The van der Waals surface area contributed by atoms with Gasteiger partial charge in [0.1, 0.15) is 0 Å². The number of halogens is 3. The summed E-state index contributed by atoms with van der Waals surface area (Å²) in [7, 11) is 3.35. The van der Waals surface area contributed by atoms with Crippen LogP contribution in [-0.4, -0.2) is 44.0 Å². The Labute approximate surface area is 140 Å². The lowest BCUT2D eigenvalue weighted by Gasteiger charge is -2.24. The highest BCUT2D eigenvalue weighted by Crippen LogP contribution is 2.37. The van der Waals surface area contributed by atoms with Gasteiger partial charge < -0.3 is 10.2 Å². The summed E-state index contributed by atoms with van der Waals surface area (Å²) in [6, 6.07) is 3.62. The molecule has 1 atom stereocenters. The van der Waals surface area contributed by atoms with Gasteiger partial charge in [0.25, 0.3) is 0 Å². The summed E-state index contributed by atoms with van der Waals surface area (Å²) in [5, 5.41) is 2.49. The van der Waals surface area contributed by atoms with Crippen molar-refractivity contribution in [1.82, 2.24) is 4.90 Å². The first-order valence-electron chi connectivity index (χ1n) is 8.17. The summed E-state index contributed by atoms with van der Waals surface area (Å²) in [6.07, 6.45) is -2.03. The summed E-state index contributed by atoms with van der Waals surface area (Å²) in [5.41, 5.74) is -0.558. The molecule has 0 saturated carbocycles. The van der Waals surface area contributed by atoms with Gasteiger partial charge in [-0.25, -0.2) is 0 Å². The van der Waals surface area contributed by atoms with Crippen LogP contribution in [0.2, 0.25) is 0 Å². The Kier molecular flexibility index (Phi) is 5.74. The third-order valence-corrected chi connectivity index (χ3v) is 4.26. The lowest BCUT2D eigenvalue weighted by Crippen LogP contribution is -2.40. The van der Waals surface area contributed by atoms with E-state index in [9.17, 15) is 18.0 Å². The van der Waals surface area contributed by atoms with Gasteiger partial charge in [-0.1, -0.05) is 6.92 Å². The highest BCUT2D eigenvalue weighted by atomic mass is 19.4. The van der Waals surface area contributed by atoms with Crippen molar-refractivity contribution in [3.05, 3.63) is 23.8 Å².